The Morgan fingerprint density at radius 3 is 2.69 bits per heavy atom. The van der Waals surface area contributed by atoms with Crippen molar-refractivity contribution in [2.45, 2.75) is 45.1 Å². The number of hydrogen-bond acceptors (Lipinski definition) is 6. The Hall–Kier alpha value is -2.38. The second-order valence-corrected chi connectivity index (χ2v) is 7.45. The molecule has 4 rings (SSSR count). The van der Waals surface area contributed by atoms with E-state index in [-0.39, 0.29) is 12.4 Å². The van der Waals surface area contributed by atoms with E-state index in [4.69, 9.17) is 14.3 Å². The number of aryl methyl sites for hydroxylation is 1. The molecule has 0 aliphatic heterocycles. The normalized spacial score (nSPS) is 13.8. The fraction of sp³-hybridized carbons (Fsp3) is 0.364. The Kier molecular flexibility index (Phi) is 7.66. The van der Waals surface area contributed by atoms with Crippen LogP contribution in [0.4, 0.5) is 4.39 Å². The van der Waals surface area contributed by atoms with Crippen LogP contribution in [-0.4, -0.2) is 16.2 Å². The summed E-state index contributed by atoms with van der Waals surface area (Å²) in [5.41, 5.74) is 2.44. The first-order valence-electron chi connectivity index (χ1n) is 9.64. The van der Waals surface area contributed by atoms with E-state index in [9.17, 15) is 4.39 Å². The Balaban J connectivity index is 0.000000755. The minimum atomic E-state index is -0.254. The van der Waals surface area contributed by atoms with E-state index in [1.54, 1.807) is 37.6 Å². The van der Waals surface area contributed by atoms with E-state index in [2.05, 4.69) is 9.97 Å². The smallest absolute Gasteiger partial charge is 0.221 e. The molecule has 0 amide bonds. The number of pyridine rings is 1. The van der Waals surface area contributed by atoms with Crippen LogP contribution in [0.1, 0.15) is 48.7 Å². The topological polar surface area (TPSA) is 74.2 Å². The zero-order valence-corrected chi connectivity index (χ0v) is 17.5. The highest BCUT2D eigenvalue weighted by atomic mass is 32.2. The zero-order chi connectivity index (χ0) is 20.6. The van der Waals surface area contributed by atoms with Crippen molar-refractivity contribution in [2.75, 3.05) is 6.26 Å². The molecule has 0 atom stereocenters. The molecule has 0 unspecified atom stereocenters. The highest BCUT2D eigenvalue weighted by Gasteiger charge is 2.22. The van der Waals surface area contributed by atoms with E-state index >= 15 is 0 Å². The summed E-state index contributed by atoms with van der Waals surface area (Å²) in [5, 5.41) is 4.76. The van der Waals surface area contributed by atoms with E-state index in [1.807, 2.05) is 18.4 Å². The second-order valence-electron chi connectivity index (χ2n) is 6.98. The lowest BCUT2D eigenvalue weighted by molar-refractivity contribution is 0.290. The molecule has 29 heavy (non-hydrogen) atoms. The van der Waals surface area contributed by atoms with Crippen LogP contribution in [0, 0.1) is 12.7 Å². The van der Waals surface area contributed by atoms with Gasteiger partial charge in [-0.2, -0.15) is 0 Å². The zero-order valence-electron chi connectivity index (χ0n) is 16.7. The Labute approximate surface area is 175 Å². The van der Waals surface area contributed by atoms with Crippen molar-refractivity contribution >= 4 is 11.9 Å². The van der Waals surface area contributed by atoms with Gasteiger partial charge in [-0.1, -0.05) is 43.0 Å². The predicted octanol–water partition coefficient (Wildman–Crippen LogP) is 5.64. The van der Waals surface area contributed by atoms with Gasteiger partial charge in [-0.25, -0.2) is 14.4 Å². The number of halogens is 1. The van der Waals surface area contributed by atoms with E-state index in [0.29, 0.717) is 28.5 Å². The molecule has 5 nitrogen and oxygen atoms in total. The van der Waals surface area contributed by atoms with Crippen LogP contribution in [-0.2, 0) is 6.61 Å². The minimum Gasteiger partial charge on any atom is -0.471 e. The first-order chi connectivity index (χ1) is 14.1. The van der Waals surface area contributed by atoms with E-state index in [0.717, 1.165) is 24.4 Å². The molecule has 154 valence electrons. The molecule has 0 spiro atoms. The van der Waals surface area contributed by atoms with Crippen molar-refractivity contribution in [3.8, 4) is 17.0 Å². The van der Waals surface area contributed by atoms with E-state index in [1.165, 1.54) is 24.8 Å². The molecule has 2 heterocycles. The van der Waals surface area contributed by atoms with Gasteiger partial charge in [-0.15, -0.1) is 0 Å². The molecule has 0 radical (unpaired) electrons. The van der Waals surface area contributed by atoms with Gasteiger partial charge in [0.05, 0.1) is 0 Å². The van der Waals surface area contributed by atoms with Crippen LogP contribution in [0.25, 0.3) is 11.1 Å². The molecule has 0 bridgehead atoms. The fourth-order valence-corrected chi connectivity index (χ4v) is 3.46. The van der Waals surface area contributed by atoms with Gasteiger partial charge in [0.1, 0.15) is 24.4 Å². The number of hydrogen-bond donors (Lipinski definition) is 1. The van der Waals surface area contributed by atoms with Crippen LogP contribution in [0.3, 0.4) is 0 Å². The van der Waals surface area contributed by atoms with Crippen molar-refractivity contribution < 1.29 is 13.5 Å². The molecule has 2 aromatic heterocycles. The predicted molar refractivity (Wildman–Crippen MR) is 114 cm³/mol. The number of rotatable bonds is 5. The molecular weight excluding hydrogens is 389 g/mol. The first-order valence-corrected chi connectivity index (χ1v) is 10.9. The Morgan fingerprint density at radius 2 is 1.93 bits per heavy atom. The molecule has 0 saturated heterocycles. The molecule has 2 N–H and O–H groups in total. The van der Waals surface area contributed by atoms with Crippen LogP contribution in [0.5, 0.6) is 5.88 Å². The van der Waals surface area contributed by atoms with Crippen molar-refractivity contribution in [1.29, 1.82) is 0 Å². The number of nitrogens with two attached hydrogens (primary N) is 1. The maximum Gasteiger partial charge on any atom is 0.221 e. The summed E-state index contributed by atoms with van der Waals surface area (Å²) >= 11 is 1.25. The lowest BCUT2D eigenvalue weighted by Crippen LogP contribution is -2.01. The Morgan fingerprint density at radius 1 is 1.21 bits per heavy atom. The standard InChI is InChI=1S/C21H21FN2O2.CH5NS/c1-14-6-4-9-17(19(14)22)18-10-5-11-23-21(18)26-13-16-12-25-20(24-16)15-7-2-3-8-15;1-3-2/h4-6,9-12,15H,2-3,7-8,13H2,1H3;2H2,1H3. The molecule has 1 aromatic carbocycles. The van der Waals surface area contributed by atoms with Crippen LogP contribution < -0.4 is 9.88 Å². The largest absolute Gasteiger partial charge is 0.471 e. The summed E-state index contributed by atoms with van der Waals surface area (Å²) in [6.07, 6.45) is 9.84. The minimum absolute atomic E-state index is 0.244. The summed E-state index contributed by atoms with van der Waals surface area (Å²) in [6.45, 7) is 1.99. The van der Waals surface area contributed by atoms with Gasteiger partial charge in [0.15, 0.2) is 5.89 Å². The van der Waals surface area contributed by atoms with Crippen molar-refractivity contribution in [3.05, 3.63) is 65.8 Å². The van der Waals surface area contributed by atoms with Crippen molar-refractivity contribution in [3.63, 3.8) is 0 Å². The summed E-state index contributed by atoms with van der Waals surface area (Å²) in [4.78, 5) is 8.83. The summed E-state index contributed by atoms with van der Waals surface area (Å²) < 4.78 is 26.0. The number of ether oxygens (including phenoxy) is 1. The Bertz CT molecular complexity index is 926. The van der Waals surface area contributed by atoms with E-state index < -0.39 is 0 Å². The molecular formula is C22H26FN3O2S. The first kappa shape index (κ1) is 21.3. The van der Waals surface area contributed by atoms with Gasteiger partial charge >= 0.3 is 0 Å². The average molecular weight is 416 g/mol. The maximum absolute atomic E-state index is 14.5. The van der Waals surface area contributed by atoms with Gasteiger partial charge < -0.3 is 9.15 Å². The third kappa shape index (κ3) is 5.36. The lowest BCUT2D eigenvalue weighted by atomic mass is 10.0. The molecule has 3 aromatic rings. The number of aromatic nitrogens is 2. The highest BCUT2D eigenvalue weighted by molar-refractivity contribution is 7.96. The monoisotopic (exact) mass is 415 g/mol. The van der Waals surface area contributed by atoms with Gasteiger partial charge in [0, 0.05) is 23.2 Å². The summed E-state index contributed by atoms with van der Waals surface area (Å²) in [5.74, 6) is 1.36. The van der Waals surface area contributed by atoms with Crippen LogP contribution in [0.15, 0.2) is 47.2 Å². The maximum atomic E-state index is 14.5. The van der Waals surface area contributed by atoms with Crippen molar-refractivity contribution in [1.82, 2.24) is 9.97 Å². The van der Waals surface area contributed by atoms with Gasteiger partial charge in [0.2, 0.25) is 5.88 Å². The summed E-state index contributed by atoms with van der Waals surface area (Å²) in [7, 11) is 0. The molecule has 1 saturated carbocycles. The van der Waals surface area contributed by atoms with Gasteiger partial charge in [-0.05, 0) is 43.7 Å². The second kappa shape index (κ2) is 10.4. The van der Waals surface area contributed by atoms with Crippen LogP contribution >= 0.6 is 11.9 Å². The molecule has 1 aliphatic carbocycles. The number of oxazole rings is 1. The van der Waals surface area contributed by atoms with Gasteiger partial charge in [0.25, 0.3) is 0 Å². The molecule has 1 aliphatic rings. The average Bonchev–Trinajstić information content (AvgIpc) is 3.41. The SMILES string of the molecule is CSN.Cc1cccc(-c2cccnc2OCc2coc(C3CCCC3)n2)c1F. The fourth-order valence-electron chi connectivity index (χ4n) is 3.46. The quantitative estimate of drug-likeness (QED) is 0.543. The highest BCUT2D eigenvalue weighted by Crippen LogP contribution is 2.34. The molecule has 7 heteroatoms. The third-order valence-corrected chi connectivity index (χ3v) is 4.88. The number of nitrogens with zero attached hydrogens (tertiary/aromatic N) is 2. The van der Waals surface area contributed by atoms with Gasteiger partial charge in [-0.3, -0.25) is 5.14 Å². The lowest BCUT2D eigenvalue weighted by Gasteiger charge is -2.11. The third-order valence-electron chi connectivity index (χ3n) is 4.88. The molecule has 1 fully saturated rings. The van der Waals surface area contributed by atoms with Crippen LogP contribution in [0.2, 0.25) is 0 Å². The van der Waals surface area contributed by atoms with Crippen molar-refractivity contribution in [2.24, 2.45) is 5.14 Å². The summed E-state index contributed by atoms with van der Waals surface area (Å²) in [6, 6.07) is 8.90. The number of benzene rings is 1.